The van der Waals surface area contributed by atoms with Gasteiger partial charge in [-0.15, -0.1) is 0 Å². The van der Waals surface area contributed by atoms with Gasteiger partial charge in [-0.1, -0.05) is 24.2 Å². The summed E-state index contributed by atoms with van der Waals surface area (Å²) in [5, 5.41) is 4.02. The molecule has 4 nitrogen and oxygen atoms in total. The minimum Gasteiger partial charge on any atom is -0.491 e. The molecular weight excluding hydrogens is 228 g/mol. The second kappa shape index (κ2) is 5.12. The Morgan fingerprint density at radius 1 is 1.39 bits per heavy atom. The maximum Gasteiger partial charge on any atom is 0.225 e. The molecule has 96 valence electrons. The van der Waals surface area contributed by atoms with Gasteiger partial charge in [0.25, 0.3) is 0 Å². The molecule has 0 radical (unpaired) electrons. The smallest absolute Gasteiger partial charge is 0.225 e. The molecule has 1 aromatic carbocycles. The molecule has 0 unspecified atom stereocenters. The molecule has 0 atom stereocenters. The third-order valence-corrected chi connectivity index (χ3v) is 2.65. The molecule has 1 aromatic heterocycles. The molecule has 4 heteroatoms. The van der Waals surface area contributed by atoms with E-state index in [0.29, 0.717) is 5.88 Å². The van der Waals surface area contributed by atoms with E-state index < -0.39 is 0 Å². The molecule has 0 saturated carbocycles. The summed E-state index contributed by atoms with van der Waals surface area (Å²) < 4.78 is 10.7. The SMILES string of the molecule is CCc1c(-c2cccc(OC(C)C)c2)noc1N. The average molecular weight is 246 g/mol. The molecule has 0 amide bonds. The van der Waals surface area contributed by atoms with Crippen molar-refractivity contribution < 1.29 is 9.26 Å². The minimum absolute atomic E-state index is 0.147. The van der Waals surface area contributed by atoms with Crippen molar-refractivity contribution in [1.82, 2.24) is 5.16 Å². The van der Waals surface area contributed by atoms with Crippen LogP contribution in [-0.4, -0.2) is 11.3 Å². The summed E-state index contributed by atoms with van der Waals surface area (Å²) in [6.45, 7) is 6.03. The van der Waals surface area contributed by atoms with Crippen LogP contribution in [0.2, 0.25) is 0 Å². The van der Waals surface area contributed by atoms with Gasteiger partial charge in [-0.2, -0.15) is 0 Å². The van der Waals surface area contributed by atoms with E-state index >= 15 is 0 Å². The fraction of sp³-hybridized carbons (Fsp3) is 0.357. The Labute approximate surface area is 107 Å². The molecule has 0 fully saturated rings. The lowest BCUT2D eigenvalue weighted by Gasteiger charge is -2.10. The van der Waals surface area contributed by atoms with Gasteiger partial charge in [0.2, 0.25) is 5.88 Å². The lowest BCUT2D eigenvalue weighted by Crippen LogP contribution is -2.05. The van der Waals surface area contributed by atoms with Crippen molar-refractivity contribution in [3.8, 4) is 17.0 Å². The third-order valence-electron chi connectivity index (χ3n) is 2.65. The van der Waals surface area contributed by atoms with Gasteiger partial charge in [0.1, 0.15) is 11.4 Å². The maximum absolute atomic E-state index is 5.75. The molecule has 2 aromatic rings. The number of rotatable bonds is 4. The summed E-state index contributed by atoms with van der Waals surface area (Å²) in [6.07, 6.45) is 0.938. The Kier molecular flexibility index (Phi) is 3.55. The van der Waals surface area contributed by atoms with Crippen LogP contribution in [-0.2, 0) is 6.42 Å². The van der Waals surface area contributed by atoms with Gasteiger partial charge < -0.3 is 15.0 Å². The van der Waals surface area contributed by atoms with Crippen LogP contribution >= 0.6 is 0 Å². The first-order valence-electron chi connectivity index (χ1n) is 6.13. The van der Waals surface area contributed by atoms with E-state index in [4.69, 9.17) is 15.0 Å². The first kappa shape index (κ1) is 12.5. The molecular formula is C14H18N2O2. The highest BCUT2D eigenvalue weighted by atomic mass is 16.5. The summed E-state index contributed by atoms with van der Waals surface area (Å²) in [5.74, 6) is 1.22. The Bertz CT molecular complexity index is 532. The summed E-state index contributed by atoms with van der Waals surface area (Å²) in [6, 6.07) is 7.80. The van der Waals surface area contributed by atoms with E-state index in [0.717, 1.165) is 29.0 Å². The fourth-order valence-electron chi connectivity index (χ4n) is 1.88. The van der Waals surface area contributed by atoms with Crippen LogP contribution in [0.5, 0.6) is 5.75 Å². The fourth-order valence-corrected chi connectivity index (χ4v) is 1.88. The van der Waals surface area contributed by atoms with E-state index in [1.54, 1.807) is 0 Å². The van der Waals surface area contributed by atoms with Crippen LogP contribution in [0.4, 0.5) is 5.88 Å². The summed E-state index contributed by atoms with van der Waals surface area (Å²) in [7, 11) is 0. The van der Waals surface area contributed by atoms with Crippen LogP contribution in [0.25, 0.3) is 11.3 Å². The standard InChI is InChI=1S/C14H18N2O2/c1-4-12-13(16-18-14(12)15)10-6-5-7-11(8-10)17-9(2)3/h5-9H,4,15H2,1-3H3. The van der Waals surface area contributed by atoms with Gasteiger partial charge in [-0.25, -0.2) is 0 Å². The first-order chi connectivity index (χ1) is 8.61. The van der Waals surface area contributed by atoms with Crippen molar-refractivity contribution in [3.63, 3.8) is 0 Å². The van der Waals surface area contributed by atoms with E-state index in [-0.39, 0.29) is 6.10 Å². The molecule has 18 heavy (non-hydrogen) atoms. The Morgan fingerprint density at radius 3 is 2.83 bits per heavy atom. The van der Waals surface area contributed by atoms with E-state index in [1.165, 1.54) is 0 Å². The lowest BCUT2D eigenvalue weighted by atomic mass is 10.1. The van der Waals surface area contributed by atoms with E-state index in [9.17, 15) is 0 Å². The van der Waals surface area contributed by atoms with Gasteiger partial charge in [0.05, 0.1) is 6.10 Å². The Hall–Kier alpha value is -1.97. The highest BCUT2D eigenvalue weighted by Crippen LogP contribution is 2.29. The number of hydrogen-bond acceptors (Lipinski definition) is 4. The molecule has 2 N–H and O–H groups in total. The van der Waals surface area contributed by atoms with Gasteiger partial charge in [0.15, 0.2) is 0 Å². The van der Waals surface area contributed by atoms with Crippen molar-refractivity contribution in [3.05, 3.63) is 29.8 Å². The van der Waals surface area contributed by atoms with Crippen LogP contribution in [0.3, 0.4) is 0 Å². The number of ether oxygens (including phenoxy) is 1. The predicted octanol–water partition coefficient (Wildman–Crippen LogP) is 3.27. The number of hydrogen-bond donors (Lipinski definition) is 1. The lowest BCUT2D eigenvalue weighted by molar-refractivity contribution is 0.242. The third kappa shape index (κ3) is 2.47. The number of benzene rings is 1. The number of nitrogens with zero attached hydrogens (tertiary/aromatic N) is 1. The van der Waals surface area contributed by atoms with Gasteiger partial charge >= 0.3 is 0 Å². The van der Waals surface area contributed by atoms with Crippen molar-refractivity contribution >= 4 is 5.88 Å². The van der Waals surface area contributed by atoms with E-state index in [1.807, 2.05) is 45.0 Å². The Balaban J connectivity index is 2.38. The molecule has 0 bridgehead atoms. The topological polar surface area (TPSA) is 61.3 Å². The summed E-state index contributed by atoms with van der Waals surface area (Å²) >= 11 is 0. The van der Waals surface area contributed by atoms with E-state index in [2.05, 4.69) is 5.16 Å². The zero-order valence-corrected chi connectivity index (χ0v) is 10.9. The van der Waals surface area contributed by atoms with Gasteiger partial charge in [-0.05, 0) is 32.4 Å². The largest absolute Gasteiger partial charge is 0.491 e. The van der Waals surface area contributed by atoms with Crippen molar-refractivity contribution in [2.75, 3.05) is 5.73 Å². The first-order valence-corrected chi connectivity index (χ1v) is 6.13. The summed E-state index contributed by atoms with van der Waals surface area (Å²) in [5.41, 5.74) is 8.45. The Morgan fingerprint density at radius 2 is 2.17 bits per heavy atom. The average Bonchev–Trinajstić information content (AvgIpc) is 2.70. The van der Waals surface area contributed by atoms with Crippen molar-refractivity contribution in [2.24, 2.45) is 0 Å². The number of nitrogen functional groups attached to an aromatic ring is 1. The molecule has 0 spiro atoms. The number of aromatic nitrogens is 1. The zero-order chi connectivity index (χ0) is 13.1. The maximum atomic E-state index is 5.75. The van der Waals surface area contributed by atoms with Crippen LogP contribution < -0.4 is 10.5 Å². The molecule has 2 rings (SSSR count). The molecule has 0 saturated heterocycles. The molecule has 0 aliphatic carbocycles. The van der Waals surface area contributed by atoms with Crippen molar-refractivity contribution in [1.29, 1.82) is 0 Å². The van der Waals surface area contributed by atoms with Crippen LogP contribution in [0, 0.1) is 0 Å². The van der Waals surface area contributed by atoms with Crippen LogP contribution in [0.1, 0.15) is 26.3 Å². The summed E-state index contributed by atoms with van der Waals surface area (Å²) in [4.78, 5) is 0. The second-order valence-electron chi connectivity index (χ2n) is 4.42. The highest BCUT2D eigenvalue weighted by molar-refractivity contribution is 5.68. The molecule has 1 heterocycles. The highest BCUT2D eigenvalue weighted by Gasteiger charge is 2.14. The molecule has 0 aliphatic rings. The van der Waals surface area contributed by atoms with Crippen LogP contribution in [0.15, 0.2) is 28.8 Å². The predicted molar refractivity (Wildman–Crippen MR) is 71.5 cm³/mol. The minimum atomic E-state index is 0.147. The number of nitrogens with two attached hydrogens (primary N) is 1. The monoisotopic (exact) mass is 246 g/mol. The number of anilines is 1. The second-order valence-corrected chi connectivity index (χ2v) is 4.42. The zero-order valence-electron chi connectivity index (χ0n) is 10.9. The van der Waals surface area contributed by atoms with Gasteiger partial charge in [-0.3, -0.25) is 0 Å². The quantitative estimate of drug-likeness (QED) is 0.899. The van der Waals surface area contributed by atoms with Crippen molar-refractivity contribution in [2.45, 2.75) is 33.3 Å². The van der Waals surface area contributed by atoms with Gasteiger partial charge in [0, 0.05) is 11.1 Å². The molecule has 0 aliphatic heterocycles. The normalized spacial score (nSPS) is 10.9.